The van der Waals surface area contributed by atoms with E-state index in [1.807, 2.05) is 6.07 Å². The molecule has 1 fully saturated rings. The summed E-state index contributed by atoms with van der Waals surface area (Å²) in [6, 6.07) is 5.54. The number of benzene rings is 1. The number of halogens is 2. The van der Waals surface area contributed by atoms with Crippen LogP contribution in [-0.4, -0.2) is 12.1 Å². The molecule has 1 aliphatic carbocycles. The van der Waals surface area contributed by atoms with Crippen LogP contribution in [0.5, 0.6) is 0 Å². The van der Waals surface area contributed by atoms with E-state index in [-0.39, 0.29) is 11.9 Å². The fourth-order valence-corrected chi connectivity index (χ4v) is 2.08. The van der Waals surface area contributed by atoms with Gasteiger partial charge in [0.15, 0.2) is 0 Å². The summed E-state index contributed by atoms with van der Waals surface area (Å²) >= 11 is 3.31. The van der Waals surface area contributed by atoms with E-state index >= 15 is 0 Å². The molecule has 0 atom stereocenters. The second-order valence-electron chi connectivity index (χ2n) is 3.67. The van der Waals surface area contributed by atoms with Crippen LogP contribution in [0.15, 0.2) is 22.7 Å². The number of hydrogen-bond acceptors (Lipinski definition) is 2. The number of nitrogens with two attached hydrogens (primary N) is 1. The minimum atomic E-state index is -0.222. The third-order valence-electron chi connectivity index (χ3n) is 2.49. The molecule has 3 N–H and O–H groups in total. The summed E-state index contributed by atoms with van der Waals surface area (Å²) in [5.74, 6) is -0.222. The molecule has 0 bridgehead atoms. The van der Waals surface area contributed by atoms with Gasteiger partial charge in [-0.15, -0.1) is 0 Å². The van der Waals surface area contributed by atoms with Gasteiger partial charge in [0.05, 0.1) is 5.69 Å². The summed E-state index contributed by atoms with van der Waals surface area (Å²) in [5, 5.41) is 3.14. The predicted octanol–water partition coefficient (Wildman–Crippen LogP) is 2.49. The Bertz CT molecular complexity index is 317. The molecule has 0 radical (unpaired) electrons. The van der Waals surface area contributed by atoms with E-state index in [0.717, 1.165) is 17.3 Å². The van der Waals surface area contributed by atoms with Crippen molar-refractivity contribution in [2.45, 2.75) is 24.9 Å². The standard InChI is InChI=1S/C10H12BrFN2/c11-8-2-1-3-9(12)10(8)14-7-4-6(13)5-7/h1-3,6-7,14H,4-5,13H2. The molecule has 1 saturated carbocycles. The zero-order valence-electron chi connectivity index (χ0n) is 7.63. The van der Waals surface area contributed by atoms with Crippen LogP contribution in [0.4, 0.5) is 10.1 Å². The number of hydrogen-bond donors (Lipinski definition) is 2. The number of anilines is 1. The molecule has 76 valence electrons. The lowest BCUT2D eigenvalue weighted by molar-refractivity contribution is 0.372. The van der Waals surface area contributed by atoms with Gasteiger partial charge in [-0.3, -0.25) is 0 Å². The Labute approximate surface area is 90.8 Å². The average molecular weight is 259 g/mol. The zero-order valence-corrected chi connectivity index (χ0v) is 9.22. The summed E-state index contributed by atoms with van der Waals surface area (Å²) in [6.45, 7) is 0. The highest BCUT2D eigenvalue weighted by Gasteiger charge is 2.26. The molecule has 0 amide bonds. The second-order valence-corrected chi connectivity index (χ2v) is 4.52. The fraction of sp³-hybridized carbons (Fsp3) is 0.400. The van der Waals surface area contributed by atoms with E-state index in [4.69, 9.17) is 5.73 Å². The molecule has 0 saturated heterocycles. The van der Waals surface area contributed by atoms with Crippen LogP contribution in [0.2, 0.25) is 0 Å². The average Bonchev–Trinajstić information content (AvgIpc) is 2.08. The van der Waals surface area contributed by atoms with Crippen LogP contribution in [0.25, 0.3) is 0 Å². The van der Waals surface area contributed by atoms with E-state index in [0.29, 0.717) is 11.7 Å². The van der Waals surface area contributed by atoms with Crippen LogP contribution >= 0.6 is 15.9 Å². The summed E-state index contributed by atoms with van der Waals surface area (Å²) in [4.78, 5) is 0. The summed E-state index contributed by atoms with van der Waals surface area (Å²) in [7, 11) is 0. The smallest absolute Gasteiger partial charge is 0.147 e. The van der Waals surface area contributed by atoms with Crippen molar-refractivity contribution in [3.63, 3.8) is 0 Å². The Morgan fingerprint density at radius 1 is 1.43 bits per heavy atom. The molecule has 14 heavy (non-hydrogen) atoms. The van der Waals surface area contributed by atoms with Crippen molar-refractivity contribution in [3.8, 4) is 0 Å². The monoisotopic (exact) mass is 258 g/mol. The first-order valence-electron chi connectivity index (χ1n) is 4.63. The van der Waals surface area contributed by atoms with Gasteiger partial charge >= 0.3 is 0 Å². The first-order chi connectivity index (χ1) is 6.66. The molecular formula is C10H12BrFN2. The Balaban J connectivity index is 2.09. The van der Waals surface area contributed by atoms with E-state index in [9.17, 15) is 4.39 Å². The van der Waals surface area contributed by atoms with Crippen molar-refractivity contribution >= 4 is 21.6 Å². The molecule has 1 aromatic carbocycles. The van der Waals surface area contributed by atoms with Gasteiger partial charge < -0.3 is 11.1 Å². The lowest BCUT2D eigenvalue weighted by atomic mass is 9.87. The maximum absolute atomic E-state index is 13.3. The largest absolute Gasteiger partial charge is 0.379 e. The minimum Gasteiger partial charge on any atom is -0.379 e. The third kappa shape index (κ3) is 1.91. The summed E-state index contributed by atoms with van der Waals surface area (Å²) in [6.07, 6.45) is 1.83. The Morgan fingerprint density at radius 2 is 2.14 bits per heavy atom. The Hall–Kier alpha value is -0.610. The number of nitrogens with one attached hydrogen (secondary N) is 1. The predicted molar refractivity (Wildman–Crippen MR) is 58.7 cm³/mol. The van der Waals surface area contributed by atoms with Crippen molar-refractivity contribution in [1.29, 1.82) is 0 Å². The molecule has 2 nitrogen and oxygen atoms in total. The van der Waals surface area contributed by atoms with E-state index in [2.05, 4.69) is 21.2 Å². The van der Waals surface area contributed by atoms with Crippen LogP contribution < -0.4 is 11.1 Å². The molecule has 0 heterocycles. The van der Waals surface area contributed by atoms with Crippen molar-refractivity contribution in [3.05, 3.63) is 28.5 Å². The van der Waals surface area contributed by atoms with Crippen molar-refractivity contribution in [2.75, 3.05) is 5.32 Å². The molecule has 0 aromatic heterocycles. The highest BCUT2D eigenvalue weighted by molar-refractivity contribution is 9.10. The van der Waals surface area contributed by atoms with Crippen LogP contribution in [0, 0.1) is 5.82 Å². The van der Waals surface area contributed by atoms with Crippen LogP contribution in [0.1, 0.15) is 12.8 Å². The van der Waals surface area contributed by atoms with Gasteiger partial charge in [0.1, 0.15) is 5.82 Å². The normalized spacial score (nSPS) is 25.6. The molecule has 0 spiro atoms. The van der Waals surface area contributed by atoms with Gasteiger partial charge in [0, 0.05) is 16.6 Å². The quantitative estimate of drug-likeness (QED) is 0.856. The van der Waals surface area contributed by atoms with Crippen molar-refractivity contribution in [2.24, 2.45) is 5.73 Å². The maximum Gasteiger partial charge on any atom is 0.147 e. The Morgan fingerprint density at radius 3 is 2.71 bits per heavy atom. The minimum absolute atomic E-state index is 0.222. The van der Waals surface area contributed by atoms with Gasteiger partial charge in [0.25, 0.3) is 0 Å². The summed E-state index contributed by atoms with van der Waals surface area (Å²) in [5.41, 5.74) is 6.20. The molecule has 2 rings (SSSR count). The van der Waals surface area contributed by atoms with Crippen molar-refractivity contribution < 1.29 is 4.39 Å². The third-order valence-corrected chi connectivity index (χ3v) is 3.15. The lowest BCUT2D eigenvalue weighted by Gasteiger charge is -2.34. The molecule has 1 aliphatic rings. The van der Waals surface area contributed by atoms with Gasteiger partial charge in [-0.05, 0) is 40.9 Å². The molecular weight excluding hydrogens is 247 g/mol. The van der Waals surface area contributed by atoms with Gasteiger partial charge in [-0.1, -0.05) is 6.07 Å². The van der Waals surface area contributed by atoms with Gasteiger partial charge in [0.2, 0.25) is 0 Å². The highest BCUT2D eigenvalue weighted by atomic mass is 79.9. The Kier molecular flexibility index (Phi) is 2.74. The maximum atomic E-state index is 13.3. The van der Waals surface area contributed by atoms with E-state index < -0.39 is 0 Å². The first-order valence-corrected chi connectivity index (χ1v) is 5.42. The fourth-order valence-electron chi connectivity index (χ4n) is 1.62. The second kappa shape index (κ2) is 3.87. The molecule has 0 unspecified atom stereocenters. The molecule has 0 aliphatic heterocycles. The lowest BCUT2D eigenvalue weighted by Crippen LogP contribution is -2.44. The van der Waals surface area contributed by atoms with Gasteiger partial charge in [-0.25, -0.2) is 4.39 Å². The first kappa shape index (κ1) is 9.93. The topological polar surface area (TPSA) is 38.0 Å². The number of rotatable bonds is 2. The van der Waals surface area contributed by atoms with Gasteiger partial charge in [-0.2, -0.15) is 0 Å². The van der Waals surface area contributed by atoms with Crippen LogP contribution in [-0.2, 0) is 0 Å². The van der Waals surface area contributed by atoms with Crippen molar-refractivity contribution in [1.82, 2.24) is 0 Å². The molecule has 4 heteroatoms. The zero-order chi connectivity index (χ0) is 10.1. The van der Waals surface area contributed by atoms with Crippen LogP contribution in [0.3, 0.4) is 0 Å². The number of para-hydroxylation sites is 1. The molecule has 1 aromatic rings. The summed E-state index contributed by atoms with van der Waals surface area (Å²) < 4.78 is 14.1. The highest BCUT2D eigenvalue weighted by Crippen LogP contribution is 2.29. The van der Waals surface area contributed by atoms with E-state index in [1.165, 1.54) is 6.07 Å². The van der Waals surface area contributed by atoms with E-state index in [1.54, 1.807) is 6.07 Å². The SMILES string of the molecule is NC1CC(Nc2c(F)cccc2Br)C1.